The van der Waals surface area contributed by atoms with E-state index in [2.05, 4.69) is 105 Å². The first kappa shape index (κ1) is 104. The van der Waals surface area contributed by atoms with Crippen molar-refractivity contribution in [1.82, 2.24) is 105 Å². The number of aromatic amines is 2. The normalized spacial score (nSPS) is 15.1. The number of phenolic OH excluding ortho intramolecular Hbond substituents is 2. The molecule has 5 aromatic rings. The van der Waals surface area contributed by atoms with Gasteiger partial charge in [-0.1, -0.05) is 40.2 Å². The number of rotatable bonds is 50. The topological polar surface area (TPSA) is 793 Å². The number of nitrogens with zero attached hydrogens (tertiary/aromatic N) is 2. The van der Waals surface area contributed by atoms with E-state index in [0.29, 0.717) is 11.1 Å². The molecule has 0 aliphatic carbocycles. The number of nitrogens with two attached hydrogens (primary N) is 3. The van der Waals surface area contributed by atoms with Gasteiger partial charge >= 0.3 is 17.9 Å². The summed E-state index contributed by atoms with van der Waals surface area (Å²) in [6.45, 7) is 10.8. The summed E-state index contributed by atoms with van der Waals surface area (Å²) in [5, 5.41) is 85.3. The van der Waals surface area contributed by atoms with Crippen LogP contribution in [0.3, 0.4) is 0 Å². The minimum atomic E-state index is -1.90. The van der Waals surface area contributed by atoms with Crippen LogP contribution in [0, 0.1) is 17.2 Å². The summed E-state index contributed by atoms with van der Waals surface area (Å²) in [5.41, 5.74) is 15.6. The molecule has 133 heavy (non-hydrogen) atoms. The molecule has 14 atom stereocenters. The van der Waals surface area contributed by atoms with Crippen LogP contribution in [0.4, 0.5) is 0 Å². The molecule has 50 nitrogen and oxygen atoms in total. The molecule has 0 bridgehead atoms. The van der Waals surface area contributed by atoms with Gasteiger partial charge in [-0.2, -0.15) is 0 Å². The number of H-pyrrole nitrogens is 2. The standard InChI is InChI=1S/C83H110N24O26/c1-10-37(4)66(79(128)105-57(29-61(85)111)77(126)102-53(20-22-64(114)115)74(123)96-38(5)67(116)91-32-62(112)100-54(80(129)130)12-11-23-90-82(86)87)106-63(113)33-92-68(117)39(6)97-75(124)55(25-44-30-88-34-93-44)103-70(119)41(8)95-69(118)40(7)99-76(125)56(26-45-31-89-35-94-45)104-78(127)65(36(2)3)107-71(120)42(9)98-73(122)52(19-21-60(84)110)101-72(121)43-13-16-49-48(24-43)81(131)133-83(49)50-17-14-46(108)27-58(50)132-59-28-47(109)15-18-51(59)83/h13-18,24,27-28,30-31,34-42,52-57,65-66,108-109H,10-12,19-23,25-26,29,32-33H2,1-9H3,(H2,84,110)(H2,85,111)(H,88,93)(H,89,94)(H,91,116)(H,92,117)(H,95,118)(H,96,123)(H,97,124)(H,98,122)(H,99,125)(H,100,112)(H,101,121)(H,102,126)(H,103,119)(H,104,127)(H,105,128)(H,106,113)(H,107,120)(H,114,115)(H,129,130)(H4,86,87,90)/t37-,38-,39-,40-,41-,42-,52-,53-,54-,55-,56-,57-,65-,66-/m0/s1. The number of phenols is 2. The minimum Gasteiger partial charge on any atom is -0.508 e. The van der Waals surface area contributed by atoms with Gasteiger partial charge in [0, 0.05) is 79.0 Å². The molecule has 2 aromatic heterocycles. The molecule has 0 unspecified atom stereocenters. The summed E-state index contributed by atoms with van der Waals surface area (Å²) in [4.78, 5) is 282. The van der Waals surface area contributed by atoms with Gasteiger partial charge in [0.15, 0.2) is 11.6 Å². The number of hydrogen-bond donors (Lipinski definition) is 26. The lowest BCUT2D eigenvalue weighted by molar-refractivity contribution is -0.142. The average molecular weight is 1860 g/mol. The van der Waals surface area contributed by atoms with Crippen molar-refractivity contribution in [3.05, 3.63) is 119 Å². The molecule has 17 amide bonds. The molecule has 0 saturated heterocycles. The lowest BCUT2D eigenvalue weighted by Crippen LogP contribution is -2.60. The van der Waals surface area contributed by atoms with Crippen LogP contribution in [0.1, 0.15) is 162 Å². The van der Waals surface area contributed by atoms with Crippen molar-refractivity contribution in [3.63, 3.8) is 0 Å². The first-order valence-electron chi connectivity index (χ1n) is 42.0. The molecule has 0 saturated carbocycles. The van der Waals surface area contributed by atoms with E-state index in [1.165, 1.54) is 114 Å². The molecule has 3 aromatic carbocycles. The summed E-state index contributed by atoms with van der Waals surface area (Å²) >= 11 is 0. The van der Waals surface area contributed by atoms with E-state index < -0.39 is 253 Å². The number of carboxylic acids is 2. The van der Waals surface area contributed by atoms with Crippen molar-refractivity contribution in [2.24, 2.45) is 29.0 Å². The van der Waals surface area contributed by atoms with Crippen LogP contribution in [0.15, 0.2) is 79.6 Å². The first-order valence-corrected chi connectivity index (χ1v) is 42.0. The van der Waals surface area contributed by atoms with Crippen LogP contribution in [0.2, 0.25) is 0 Å². The highest BCUT2D eigenvalue weighted by Gasteiger charge is 2.54. The number of ether oxygens (including phenoxy) is 2. The monoisotopic (exact) mass is 1860 g/mol. The lowest BCUT2D eigenvalue weighted by Gasteiger charge is -2.36. The Kier molecular flexibility index (Phi) is 37.6. The minimum absolute atomic E-state index is 0.0733. The summed E-state index contributed by atoms with van der Waals surface area (Å²) in [6, 6.07) is -7.71. The Hall–Kier alpha value is -15.9. The van der Waals surface area contributed by atoms with Crippen LogP contribution >= 0.6 is 0 Å². The van der Waals surface area contributed by atoms with E-state index in [1.807, 2.05) is 0 Å². The maximum Gasteiger partial charge on any atom is 0.340 e. The number of carboxylic acid groups (broad SMARTS) is 2. The molecule has 0 fully saturated rings. The van der Waals surface area contributed by atoms with Crippen LogP contribution in [-0.2, 0) is 109 Å². The fraction of sp³-hybridized carbons (Fsp3) is 0.458. The van der Waals surface area contributed by atoms with Crippen LogP contribution < -0.4 is 107 Å². The van der Waals surface area contributed by atoms with Gasteiger partial charge in [0.2, 0.25) is 94.5 Å². The van der Waals surface area contributed by atoms with Crippen LogP contribution in [-0.4, -0.2) is 263 Å². The maximum absolute atomic E-state index is 14.3. The zero-order valence-electron chi connectivity index (χ0n) is 73.8. The molecule has 2 aliphatic heterocycles. The number of imidazole rings is 2. The van der Waals surface area contributed by atoms with Crippen molar-refractivity contribution in [3.8, 4) is 23.0 Å². The number of benzene rings is 3. The zero-order valence-corrected chi connectivity index (χ0v) is 73.8. The van der Waals surface area contributed by atoms with E-state index in [4.69, 9.17) is 32.1 Å². The average Bonchev–Trinajstić information content (AvgIpc) is 1.57. The second kappa shape index (κ2) is 48.0. The molecule has 718 valence electrons. The molecular weight excluding hydrogens is 1750 g/mol. The third-order valence-electron chi connectivity index (χ3n) is 21.1. The number of aromatic nitrogens is 4. The number of fused-ring (bicyclic) bond motifs is 6. The first-order chi connectivity index (χ1) is 62.7. The van der Waals surface area contributed by atoms with Crippen molar-refractivity contribution in [2.45, 2.75) is 211 Å². The number of aromatic hydroxyl groups is 2. The molecule has 7 rings (SSSR count). The Bertz CT molecular complexity index is 5150. The van der Waals surface area contributed by atoms with E-state index >= 15 is 0 Å². The second-order valence-electron chi connectivity index (χ2n) is 31.9. The van der Waals surface area contributed by atoms with Gasteiger partial charge in [-0.15, -0.1) is 0 Å². The van der Waals surface area contributed by atoms with Gasteiger partial charge in [-0.25, -0.2) is 19.6 Å². The third kappa shape index (κ3) is 29.9. The smallest absolute Gasteiger partial charge is 0.340 e. The molecule has 29 N–H and O–H groups in total. The van der Waals surface area contributed by atoms with Gasteiger partial charge < -0.3 is 142 Å². The van der Waals surface area contributed by atoms with E-state index in [-0.39, 0.29) is 102 Å². The van der Waals surface area contributed by atoms with Crippen molar-refractivity contribution < 1.29 is 126 Å². The Morgan fingerprint density at radius 3 is 1.37 bits per heavy atom. The number of hydrogen-bond acceptors (Lipinski definition) is 27. The molecular formula is C83H110N24O26. The predicted molar refractivity (Wildman–Crippen MR) is 462 cm³/mol. The van der Waals surface area contributed by atoms with Gasteiger partial charge in [0.05, 0.1) is 49.1 Å². The lowest BCUT2D eigenvalue weighted by atomic mass is 9.77. The van der Waals surface area contributed by atoms with Gasteiger partial charge in [-0.3, -0.25) is 91.7 Å². The number of guanidine groups is 1. The zero-order chi connectivity index (χ0) is 98.6. The number of carbonyl (C=O) groups excluding carboxylic acids is 18. The number of nitrogens with one attached hydrogen (secondary N) is 19. The summed E-state index contributed by atoms with van der Waals surface area (Å²) in [6.07, 6.45) is 1.88. The summed E-state index contributed by atoms with van der Waals surface area (Å²) < 4.78 is 12.1. The number of aliphatic carboxylic acids is 2. The van der Waals surface area contributed by atoms with E-state index in [0.717, 1.165) is 6.92 Å². The highest BCUT2D eigenvalue weighted by molar-refractivity contribution is 6.05. The molecule has 0 radical (unpaired) electrons. The molecule has 1 spiro atoms. The second-order valence-corrected chi connectivity index (χ2v) is 31.9. The third-order valence-corrected chi connectivity index (χ3v) is 21.1. The highest BCUT2D eigenvalue weighted by atomic mass is 16.6. The Morgan fingerprint density at radius 2 is 0.895 bits per heavy atom. The Labute approximate surface area is 758 Å². The quantitative estimate of drug-likeness (QED) is 0.00746. The fourth-order valence-electron chi connectivity index (χ4n) is 13.7. The molecule has 2 aliphatic rings. The predicted octanol–water partition coefficient (Wildman–Crippen LogP) is -6.10. The number of amides is 17. The van der Waals surface area contributed by atoms with Gasteiger partial charge in [-0.05, 0) is 109 Å². The number of esters is 1. The highest BCUT2D eigenvalue weighted by Crippen LogP contribution is 2.57. The fourth-order valence-corrected chi connectivity index (χ4v) is 13.7. The summed E-state index contributed by atoms with van der Waals surface area (Å²) in [5.74, 6) is -22.8. The van der Waals surface area contributed by atoms with Gasteiger partial charge in [0.25, 0.3) is 5.91 Å². The number of carbonyl (C=O) groups is 20. The molecule has 50 heteroatoms. The largest absolute Gasteiger partial charge is 0.508 e. The van der Waals surface area contributed by atoms with E-state index in [9.17, 15) is 116 Å². The van der Waals surface area contributed by atoms with Gasteiger partial charge in [0.1, 0.15) is 102 Å². The maximum atomic E-state index is 14.3. The molecule has 4 heterocycles. The Balaban J connectivity index is 0.912. The summed E-state index contributed by atoms with van der Waals surface area (Å²) in [7, 11) is 0. The van der Waals surface area contributed by atoms with Crippen LogP contribution in [0.5, 0.6) is 23.0 Å². The SMILES string of the molecule is CC[C@H](C)[C@H](NC(=O)CNC(=O)[C@H](C)NC(=O)[C@H](Cc1c[nH]cn1)NC(=O)[C@H](C)NC(=O)[C@H](C)NC(=O)[C@H](Cc1c[nH]cn1)NC(=O)[C@@H](NC(=O)[C@H](C)NC(=O)[C@H](CCC(N)=O)NC(=O)c1ccc2c(c1)C(=O)OC21c2ccc(O)cc2Oc2cc(O)ccc21)C(C)C)C(=O)N[C@@H](CC(N)=O)C(=O)N[C@@H](CCC(=O)O)C(=O)N[C@@H](C)C(=O)NCC(=O)N[C@@H](CCCNC(=N)N)C(=O)O. The van der Waals surface area contributed by atoms with Crippen LogP contribution in [0.25, 0.3) is 0 Å². The van der Waals surface area contributed by atoms with E-state index in [1.54, 1.807) is 20.8 Å². The Morgan fingerprint density at radius 1 is 0.459 bits per heavy atom. The van der Waals surface area contributed by atoms with Crippen molar-refractivity contribution in [2.75, 3.05) is 19.6 Å². The van der Waals surface area contributed by atoms with Crippen molar-refractivity contribution >= 4 is 124 Å². The van der Waals surface area contributed by atoms with Crippen molar-refractivity contribution in [1.29, 1.82) is 5.41 Å². The number of primary amides is 2.